The highest BCUT2D eigenvalue weighted by molar-refractivity contribution is 6.19. The highest BCUT2D eigenvalue weighted by Crippen LogP contribution is 2.44. The zero-order valence-electron chi connectivity index (χ0n) is 12.4. The summed E-state index contributed by atoms with van der Waals surface area (Å²) < 4.78 is 5.60. The molecule has 1 aliphatic carbocycles. The van der Waals surface area contributed by atoms with Crippen LogP contribution in [0.3, 0.4) is 0 Å². The molecular weight excluding hydrogens is 268 g/mol. The van der Waals surface area contributed by atoms with Crippen molar-refractivity contribution in [2.24, 2.45) is 0 Å². The van der Waals surface area contributed by atoms with Crippen molar-refractivity contribution >= 4 is 17.8 Å². The van der Waals surface area contributed by atoms with E-state index in [1.807, 2.05) is 26.8 Å². The van der Waals surface area contributed by atoms with E-state index >= 15 is 0 Å². The van der Waals surface area contributed by atoms with Crippen LogP contribution in [0.4, 0.5) is 0 Å². The molecular formula is C17H18O4. The number of carboxylic acids is 1. The van der Waals surface area contributed by atoms with Gasteiger partial charge in [-0.25, -0.2) is 4.79 Å². The van der Waals surface area contributed by atoms with Crippen LogP contribution < -0.4 is 4.74 Å². The average molecular weight is 286 g/mol. The molecule has 1 atom stereocenters. The van der Waals surface area contributed by atoms with E-state index in [2.05, 4.69) is 0 Å². The van der Waals surface area contributed by atoms with Crippen molar-refractivity contribution in [1.82, 2.24) is 0 Å². The Morgan fingerprint density at radius 2 is 2.10 bits per heavy atom. The van der Waals surface area contributed by atoms with Gasteiger partial charge in [-0.3, -0.25) is 4.79 Å². The van der Waals surface area contributed by atoms with Crippen LogP contribution in [0.5, 0.6) is 5.75 Å². The van der Waals surface area contributed by atoms with Crippen LogP contribution in [0.25, 0.3) is 6.08 Å². The number of hydrogen-bond donors (Lipinski definition) is 1. The normalized spacial score (nSPS) is 19.1. The summed E-state index contributed by atoms with van der Waals surface area (Å²) in [6.07, 6.45) is 3.09. The molecule has 0 saturated heterocycles. The fourth-order valence-corrected chi connectivity index (χ4v) is 3.24. The molecule has 1 aliphatic heterocycles. The second-order valence-electron chi connectivity index (χ2n) is 5.74. The van der Waals surface area contributed by atoms with E-state index in [1.165, 1.54) is 0 Å². The van der Waals surface area contributed by atoms with Crippen molar-refractivity contribution in [3.05, 3.63) is 33.4 Å². The molecule has 0 aromatic heterocycles. The second kappa shape index (κ2) is 4.72. The van der Waals surface area contributed by atoms with Gasteiger partial charge in [-0.15, -0.1) is 0 Å². The van der Waals surface area contributed by atoms with Crippen LogP contribution in [-0.4, -0.2) is 23.0 Å². The van der Waals surface area contributed by atoms with Crippen LogP contribution in [0.1, 0.15) is 52.4 Å². The molecule has 2 aliphatic rings. The minimum atomic E-state index is -0.959. The topological polar surface area (TPSA) is 63.6 Å². The van der Waals surface area contributed by atoms with E-state index in [9.17, 15) is 14.7 Å². The van der Waals surface area contributed by atoms with Crippen molar-refractivity contribution in [1.29, 1.82) is 0 Å². The largest absolute Gasteiger partial charge is 0.478 e. The number of ketones is 1. The number of carbonyl (C=O) groups excluding carboxylic acids is 1. The Kier molecular flexibility index (Phi) is 3.12. The molecule has 110 valence electrons. The summed E-state index contributed by atoms with van der Waals surface area (Å²) in [4.78, 5) is 23.7. The Bertz CT molecular complexity index is 697. The number of carbonyl (C=O) groups is 2. The van der Waals surface area contributed by atoms with Gasteiger partial charge < -0.3 is 9.84 Å². The van der Waals surface area contributed by atoms with Crippen LogP contribution in [-0.2, 0) is 11.2 Å². The summed E-state index contributed by atoms with van der Waals surface area (Å²) >= 11 is 0. The first-order chi connectivity index (χ1) is 9.95. The summed E-state index contributed by atoms with van der Waals surface area (Å²) in [7, 11) is 0. The van der Waals surface area contributed by atoms with E-state index in [0.29, 0.717) is 12.2 Å². The van der Waals surface area contributed by atoms with Gasteiger partial charge in [-0.1, -0.05) is 13.3 Å². The molecule has 0 spiro atoms. The Labute approximate surface area is 123 Å². The van der Waals surface area contributed by atoms with E-state index in [0.717, 1.165) is 46.2 Å². The molecule has 0 radical (unpaired) electrons. The predicted molar refractivity (Wildman–Crippen MR) is 78.9 cm³/mol. The molecule has 1 aromatic carbocycles. The lowest BCUT2D eigenvalue weighted by Gasteiger charge is -2.13. The van der Waals surface area contributed by atoms with E-state index < -0.39 is 12.1 Å². The van der Waals surface area contributed by atoms with Crippen molar-refractivity contribution in [2.75, 3.05) is 0 Å². The Hall–Kier alpha value is -2.10. The predicted octanol–water partition coefficient (Wildman–Crippen LogP) is 3.07. The third-order valence-electron chi connectivity index (χ3n) is 4.43. The summed E-state index contributed by atoms with van der Waals surface area (Å²) in [6, 6.07) is 0. The van der Waals surface area contributed by atoms with Crippen LogP contribution >= 0.6 is 0 Å². The first kappa shape index (κ1) is 13.9. The molecule has 4 nitrogen and oxygen atoms in total. The molecule has 4 heteroatoms. The molecule has 1 unspecified atom stereocenters. The first-order valence-corrected chi connectivity index (χ1v) is 7.26. The third kappa shape index (κ3) is 1.89. The van der Waals surface area contributed by atoms with Gasteiger partial charge in [0.05, 0.1) is 0 Å². The zero-order chi connectivity index (χ0) is 15.3. The number of rotatable bonds is 3. The summed E-state index contributed by atoms with van der Waals surface area (Å²) in [6.45, 7) is 5.85. The molecule has 1 N–H and O–H groups in total. The van der Waals surface area contributed by atoms with Crippen molar-refractivity contribution < 1.29 is 19.4 Å². The minimum absolute atomic E-state index is 0.0917. The molecule has 0 fully saturated rings. The summed E-state index contributed by atoms with van der Waals surface area (Å²) in [5.74, 6) is -0.214. The van der Waals surface area contributed by atoms with Gasteiger partial charge >= 0.3 is 5.97 Å². The summed E-state index contributed by atoms with van der Waals surface area (Å²) in [5, 5.41) is 9.17. The van der Waals surface area contributed by atoms with Crippen LogP contribution in [0.15, 0.2) is 5.57 Å². The molecule has 1 aromatic rings. The molecule has 0 amide bonds. The van der Waals surface area contributed by atoms with Crippen LogP contribution in [0.2, 0.25) is 0 Å². The van der Waals surface area contributed by atoms with E-state index in [1.54, 1.807) is 0 Å². The molecule has 21 heavy (non-hydrogen) atoms. The van der Waals surface area contributed by atoms with Gasteiger partial charge in [0.15, 0.2) is 11.9 Å². The maximum absolute atomic E-state index is 12.5. The number of allylic oxidation sites excluding steroid dienone is 1. The van der Waals surface area contributed by atoms with Gasteiger partial charge in [-0.2, -0.15) is 0 Å². The van der Waals surface area contributed by atoms with Gasteiger partial charge in [0, 0.05) is 23.1 Å². The van der Waals surface area contributed by atoms with Crippen molar-refractivity contribution in [3.63, 3.8) is 0 Å². The highest BCUT2D eigenvalue weighted by Gasteiger charge is 2.37. The lowest BCUT2D eigenvalue weighted by Crippen LogP contribution is -2.24. The maximum Gasteiger partial charge on any atom is 0.345 e. The monoisotopic (exact) mass is 286 g/mol. The highest BCUT2D eigenvalue weighted by atomic mass is 16.5. The van der Waals surface area contributed by atoms with Gasteiger partial charge in [-0.05, 0) is 43.0 Å². The number of Topliss-reactive ketones (excluding diaryl/α,β-unsaturated/α-hetero) is 1. The van der Waals surface area contributed by atoms with Crippen LogP contribution in [0, 0.1) is 13.8 Å². The smallest absolute Gasteiger partial charge is 0.345 e. The minimum Gasteiger partial charge on any atom is -0.478 e. The number of carboxylic acid groups (broad SMARTS) is 1. The number of fused-ring (bicyclic) bond motifs is 3. The Morgan fingerprint density at radius 3 is 2.71 bits per heavy atom. The Balaban J connectivity index is 2.17. The molecule has 0 bridgehead atoms. The standard InChI is InChI=1S/C17H18O4/c1-4-5-10-6-11-12-7-13(17(19)20)21-16(12)9(3)8(2)14(11)15(10)18/h6,13H,4-5,7H2,1-3H3,(H,19,20). The number of ether oxygens (including phenoxy) is 1. The van der Waals surface area contributed by atoms with Gasteiger partial charge in [0.25, 0.3) is 0 Å². The number of aliphatic carboxylic acids is 1. The lowest BCUT2D eigenvalue weighted by atomic mass is 9.91. The van der Waals surface area contributed by atoms with Gasteiger partial charge in [0.2, 0.25) is 0 Å². The molecule has 1 heterocycles. The zero-order valence-corrected chi connectivity index (χ0v) is 12.4. The SMILES string of the molecule is CCCC1=Cc2c3c(c(C)c(C)c2C1=O)OC(C(=O)O)C3. The van der Waals surface area contributed by atoms with Crippen molar-refractivity contribution in [2.45, 2.75) is 46.1 Å². The quantitative estimate of drug-likeness (QED) is 0.927. The third-order valence-corrected chi connectivity index (χ3v) is 4.43. The van der Waals surface area contributed by atoms with Crippen molar-refractivity contribution in [3.8, 4) is 5.75 Å². The fourth-order valence-electron chi connectivity index (χ4n) is 3.24. The molecule has 0 saturated carbocycles. The number of hydrogen-bond acceptors (Lipinski definition) is 3. The van der Waals surface area contributed by atoms with E-state index in [-0.39, 0.29) is 5.78 Å². The molecule has 3 rings (SSSR count). The maximum atomic E-state index is 12.5. The summed E-state index contributed by atoms with van der Waals surface area (Å²) in [5.41, 5.74) is 5.10. The first-order valence-electron chi connectivity index (χ1n) is 7.26. The van der Waals surface area contributed by atoms with E-state index in [4.69, 9.17) is 4.74 Å². The number of benzene rings is 1. The average Bonchev–Trinajstić information content (AvgIpc) is 3.00. The van der Waals surface area contributed by atoms with Gasteiger partial charge in [0.1, 0.15) is 5.75 Å². The lowest BCUT2D eigenvalue weighted by molar-refractivity contribution is -0.144. The Morgan fingerprint density at radius 1 is 1.38 bits per heavy atom. The fraction of sp³-hybridized carbons (Fsp3) is 0.412. The second-order valence-corrected chi connectivity index (χ2v) is 5.74.